The normalized spacial score (nSPS) is 14.4. The lowest BCUT2D eigenvalue weighted by Crippen LogP contribution is -2.28. The molecule has 0 heterocycles. The summed E-state index contributed by atoms with van der Waals surface area (Å²) >= 11 is 3.08. The lowest BCUT2D eigenvalue weighted by Gasteiger charge is -2.31. The molecule has 1 rings (SSSR count). The fraction of sp³-hybridized carbons (Fsp3) is 0.600. The molecule has 1 N–H and O–H groups in total. The number of aliphatic hydroxyl groups excluding tert-OH is 1. The second-order valence-corrected chi connectivity index (χ2v) is 5.97. The molecule has 0 aliphatic rings. The van der Waals surface area contributed by atoms with Crippen molar-refractivity contribution in [1.82, 2.24) is 0 Å². The van der Waals surface area contributed by atoms with Gasteiger partial charge in [0.15, 0.2) is 0 Å². The third-order valence-electron chi connectivity index (χ3n) is 3.84. The lowest BCUT2D eigenvalue weighted by molar-refractivity contribution is 0.105. The Kier molecular flexibility index (Phi) is 6.40. The van der Waals surface area contributed by atoms with E-state index in [0.29, 0.717) is 6.42 Å². The van der Waals surface area contributed by atoms with Gasteiger partial charge >= 0.3 is 0 Å². The Morgan fingerprint density at radius 2 is 1.95 bits per heavy atom. The fourth-order valence-corrected chi connectivity index (χ4v) is 2.67. The van der Waals surface area contributed by atoms with Gasteiger partial charge in [-0.2, -0.15) is 0 Å². The van der Waals surface area contributed by atoms with E-state index < -0.39 is 17.0 Å². The number of unbranched alkanes of at least 4 members (excludes halogenated alkanes) is 1. The molecule has 108 valence electrons. The van der Waals surface area contributed by atoms with Gasteiger partial charge in [-0.15, -0.1) is 0 Å². The SMILES string of the molecule is CCCCC(CC)(CO)Cc1c(F)ccc(Br)c1F. The van der Waals surface area contributed by atoms with Gasteiger partial charge in [-0.05, 0) is 52.7 Å². The maximum atomic E-state index is 14.0. The van der Waals surface area contributed by atoms with Crippen molar-refractivity contribution in [3.8, 4) is 0 Å². The van der Waals surface area contributed by atoms with Crippen molar-refractivity contribution in [3.05, 3.63) is 33.8 Å². The van der Waals surface area contributed by atoms with Gasteiger partial charge in [0, 0.05) is 12.2 Å². The van der Waals surface area contributed by atoms with E-state index in [1.165, 1.54) is 12.1 Å². The maximum absolute atomic E-state index is 14.0. The topological polar surface area (TPSA) is 20.2 Å². The molecule has 0 aliphatic carbocycles. The fourth-order valence-electron chi connectivity index (χ4n) is 2.29. The molecule has 0 amide bonds. The van der Waals surface area contributed by atoms with Gasteiger partial charge < -0.3 is 5.11 Å². The molecule has 1 atom stereocenters. The number of benzene rings is 1. The Bertz CT molecular complexity index is 417. The van der Waals surface area contributed by atoms with Crippen LogP contribution < -0.4 is 0 Å². The Balaban J connectivity index is 3.06. The third kappa shape index (κ3) is 3.99. The van der Waals surface area contributed by atoms with E-state index in [4.69, 9.17) is 0 Å². The number of hydrogen-bond acceptors (Lipinski definition) is 1. The summed E-state index contributed by atoms with van der Waals surface area (Å²) < 4.78 is 28.1. The average molecular weight is 335 g/mol. The van der Waals surface area contributed by atoms with Crippen LogP contribution in [0.4, 0.5) is 8.78 Å². The van der Waals surface area contributed by atoms with Crippen LogP contribution in [0.15, 0.2) is 16.6 Å². The highest BCUT2D eigenvalue weighted by Crippen LogP contribution is 2.35. The van der Waals surface area contributed by atoms with E-state index in [0.717, 1.165) is 19.3 Å². The van der Waals surface area contributed by atoms with Crippen LogP contribution in [-0.2, 0) is 6.42 Å². The lowest BCUT2D eigenvalue weighted by atomic mass is 9.76. The van der Waals surface area contributed by atoms with Crippen LogP contribution in [-0.4, -0.2) is 11.7 Å². The first-order valence-corrected chi connectivity index (χ1v) is 7.52. The highest BCUT2D eigenvalue weighted by Gasteiger charge is 2.30. The summed E-state index contributed by atoms with van der Waals surface area (Å²) in [6.07, 6.45) is 3.67. The quantitative estimate of drug-likeness (QED) is 0.707. The summed E-state index contributed by atoms with van der Waals surface area (Å²) in [5.41, 5.74) is -0.361. The minimum Gasteiger partial charge on any atom is -0.396 e. The molecule has 0 spiro atoms. The third-order valence-corrected chi connectivity index (χ3v) is 4.45. The van der Waals surface area contributed by atoms with E-state index >= 15 is 0 Å². The monoisotopic (exact) mass is 334 g/mol. The molecule has 4 heteroatoms. The van der Waals surface area contributed by atoms with Gasteiger partial charge in [-0.1, -0.05) is 26.7 Å². The zero-order valence-corrected chi connectivity index (χ0v) is 13.1. The summed E-state index contributed by atoms with van der Waals surface area (Å²) in [4.78, 5) is 0. The summed E-state index contributed by atoms with van der Waals surface area (Å²) in [5.74, 6) is -1.09. The van der Waals surface area contributed by atoms with Crippen LogP contribution in [0.1, 0.15) is 45.1 Å². The Morgan fingerprint density at radius 3 is 2.47 bits per heavy atom. The van der Waals surface area contributed by atoms with Crippen LogP contribution in [0, 0.1) is 17.0 Å². The predicted molar refractivity (Wildman–Crippen MR) is 77.1 cm³/mol. The zero-order valence-electron chi connectivity index (χ0n) is 11.5. The number of rotatable bonds is 7. The van der Waals surface area contributed by atoms with Crippen LogP contribution in [0.3, 0.4) is 0 Å². The molecule has 0 aliphatic heterocycles. The standard InChI is InChI=1S/C15H21BrF2O/c1-3-5-8-15(4-2,10-19)9-11-13(17)7-6-12(16)14(11)18/h6-7,19H,3-5,8-10H2,1-2H3. The molecule has 0 saturated heterocycles. The molecule has 0 aromatic heterocycles. The Morgan fingerprint density at radius 1 is 1.26 bits per heavy atom. The first kappa shape index (κ1) is 16.6. The molecule has 1 aromatic rings. The van der Waals surface area contributed by atoms with Crippen molar-refractivity contribution >= 4 is 15.9 Å². The molecule has 0 fully saturated rings. The molecular weight excluding hydrogens is 314 g/mol. The van der Waals surface area contributed by atoms with Gasteiger partial charge in [0.25, 0.3) is 0 Å². The number of aliphatic hydroxyl groups is 1. The van der Waals surface area contributed by atoms with E-state index in [1.807, 2.05) is 6.92 Å². The van der Waals surface area contributed by atoms with Crippen molar-refractivity contribution in [2.75, 3.05) is 6.61 Å². The number of hydrogen-bond donors (Lipinski definition) is 1. The van der Waals surface area contributed by atoms with Crippen molar-refractivity contribution in [2.24, 2.45) is 5.41 Å². The van der Waals surface area contributed by atoms with E-state index in [9.17, 15) is 13.9 Å². The Hall–Kier alpha value is -0.480. The number of halogens is 3. The molecule has 1 aromatic carbocycles. The van der Waals surface area contributed by atoms with Crippen LogP contribution in [0.25, 0.3) is 0 Å². The van der Waals surface area contributed by atoms with Crippen molar-refractivity contribution in [3.63, 3.8) is 0 Å². The molecule has 0 bridgehead atoms. The molecule has 1 nitrogen and oxygen atoms in total. The summed E-state index contributed by atoms with van der Waals surface area (Å²) in [6, 6.07) is 2.63. The summed E-state index contributed by atoms with van der Waals surface area (Å²) in [6.45, 7) is 3.98. The van der Waals surface area contributed by atoms with Gasteiger partial charge in [-0.3, -0.25) is 0 Å². The van der Waals surface area contributed by atoms with Gasteiger partial charge in [-0.25, -0.2) is 8.78 Å². The molecule has 0 saturated carbocycles. The van der Waals surface area contributed by atoms with E-state index in [-0.39, 0.29) is 23.1 Å². The van der Waals surface area contributed by atoms with Gasteiger partial charge in [0.05, 0.1) is 4.47 Å². The van der Waals surface area contributed by atoms with Gasteiger partial charge in [0.2, 0.25) is 0 Å². The zero-order chi connectivity index (χ0) is 14.5. The van der Waals surface area contributed by atoms with E-state index in [2.05, 4.69) is 22.9 Å². The molecule has 0 radical (unpaired) electrons. The first-order valence-electron chi connectivity index (χ1n) is 6.73. The van der Waals surface area contributed by atoms with E-state index in [1.54, 1.807) is 0 Å². The second-order valence-electron chi connectivity index (χ2n) is 5.11. The largest absolute Gasteiger partial charge is 0.396 e. The van der Waals surface area contributed by atoms with Gasteiger partial charge in [0.1, 0.15) is 11.6 Å². The molecule has 1 unspecified atom stereocenters. The van der Waals surface area contributed by atoms with Crippen molar-refractivity contribution in [1.29, 1.82) is 0 Å². The molecule has 19 heavy (non-hydrogen) atoms. The van der Waals surface area contributed by atoms with Crippen molar-refractivity contribution in [2.45, 2.75) is 46.0 Å². The minimum atomic E-state index is -0.553. The Labute approximate surface area is 122 Å². The average Bonchev–Trinajstić information content (AvgIpc) is 2.43. The van der Waals surface area contributed by atoms with Crippen LogP contribution in [0.5, 0.6) is 0 Å². The highest BCUT2D eigenvalue weighted by molar-refractivity contribution is 9.10. The highest BCUT2D eigenvalue weighted by atomic mass is 79.9. The predicted octanol–water partition coefficient (Wildman–Crippen LogP) is 4.85. The van der Waals surface area contributed by atoms with Crippen LogP contribution in [0.2, 0.25) is 0 Å². The summed E-state index contributed by atoms with van der Waals surface area (Å²) in [7, 11) is 0. The molecular formula is C15H21BrF2O. The second kappa shape index (κ2) is 7.34. The first-order chi connectivity index (χ1) is 8.99. The maximum Gasteiger partial charge on any atom is 0.143 e. The summed E-state index contributed by atoms with van der Waals surface area (Å²) in [5, 5.41) is 9.66. The smallest absolute Gasteiger partial charge is 0.143 e. The van der Waals surface area contributed by atoms with Crippen LogP contribution >= 0.6 is 15.9 Å². The van der Waals surface area contributed by atoms with Crippen molar-refractivity contribution < 1.29 is 13.9 Å². The minimum absolute atomic E-state index is 0.0467.